The van der Waals surface area contributed by atoms with Gasteiger partial charge in [-0.1, -0.05) is 93.6 Å². The molecule has 2 atom stereocenters. The third-order valence-corrected chi connectivity index (χ3v) is 7.89. The maximum Gasteiger partial charge on any atom is 0.312 e. The van der Waals surface area contributed by atoms with Crippen molar-refractivity contribution >= 4 is 23.3 Å². The number of anilines is 1. The van der Waals surface area contributed by atoms with Crippen molar-refractivity contribution in [1.29, 1.82) is 0 Å². The van der Waals surface area contributed by atoms with Gasteiger partial charge in [0, 0.05) is 29.6 Å². The molecule has 4 aromatic carbocycles. The van der Waals surface area contributed by atoms with Crippen LogP contribution in [0, 0.1) is 5.92 Å². The molecule has 5 rings (SSSR count). The lowest BCUT2D eigenvalue weighted by Gasteiger charge is -2.26. The van der Waals surface area contributed by atoms with Gasteiger partial charge in [0.1, 0.15) is 11.5 Å². The van der Waals surface area contributed by atoms with Crippen molar-refractivity contribution in [3.63, 3.8) is 0 Å². The van der Waals surface area contributed by atoms with Gasteiger partial charge in [0.15, 0.2) is 6.10 Å². The largest absolute Gasteiger partial charge is 0.457 e. The molecule has 0 spiro atoms. The van der Waals surface area contributed by atoms with Crippen molar-refractivity contribution in [2.75, 3.05) is 11.4 Å². The fraction of sp³-hybridized carbons (Fsp3) is 0.250. The molecular formula is C36H35NO5. The Morgan fingerprint density at radius 3 is 1.95 bits per heavy atom. The molecule has 0 bridgehead atoms. The van der Waals surface area contributed by atoms with Crippen LogP contribution in [0.1, 0.15) is 55.1 Å². The summed E-state index contributed by atoms with van der Waals surface area (Å²) in [5.74, 6) is -0.208. The van der Waals surface area contributed by atoms with Crippen molar-refractivity contribution in [1.82, 2.24) is 0 Å². The number of hydrogen-bond donors (Lipinski definition) is 0. The first-order valence-corrected chi connectivity index (χ1v) is 14.3. The zero-order valence-corrected chi connectivity index (χ0v) is 24.2. The predicted molar refractivity (Wildman–Crippen MR) is 163 cm³/mol. The zero-order chi connectivity index (χ0) is 29.7. The fourth-order valence-electron chi connectivity index (χ4n) is 5.25. The minimum atomic E-state index is -0.876. The Morgan fingerprint density at radius 1 is 0.810 bits per heavy atom. The second-order valence-electron chi connectivity index (χ2n) is 11.1. The minimum Gasteiger partial charge on any atom is -0.457 e. The molecule has 1 heterocycles. The number of amides is 1. The van der Waals surface area contributed by atoms with Crippen LogP contribution in [0.2, 0.25) is 0 Å². The van der Waals surface area contributed by atoms with E-state index in [0.29, 0.717) is 29.2 Å². The lowest BCUT2D eigenvalue weighted by molar-refractivity contribution is -0.151. The maximum absolute atomic E-state index is 12.9. The Bertz CT molecular complexity index is 1530. The molecule has 1 aliphatic heterocycles. The van der Waals surface area contributed by atoms with Gasteiger partial charge in [-0.3, -0.25) is 14.4 Å². The first kappa shape index (κ1) is 28.8. The molecule has 0 radical (unpaired) electrons. The van der Waals surface area contributed by atoms with Crippen molar-refractivity contribution < 1.29 is 23.9 Å². The average Bonchev–Trinajstić information content (AvgIpc) is 3.42. The Kier molecular flexibility index (Phi) is 8.53. The summed E-state index contributed by atoms with van der Waals surface area (Å²) < 4.78 is 11.6. The molecule has 1 aliphatic rings. The first-order chi connectivity index (χ1) is 20.3. The molecule has 0 saturated carbocycles. The van der Waals surface area contributed by atoms with Crippen molar-refractivity contribution in [2.24, 2.45) is 5.92 Å². The number of ketones is 1. The molecule has 1 amide bonds. The Hall–Kier alpha value is -4.71. The van der Waals surface area contributed by atoms with E-state index in [1.54, 1.807) is 36.1 Å². The average molecular weight is 562 g/mol. The lowest BCUT2D eigenvalue weighted by atomic mass is 9.78. The molecule has 1 fully saturated rings. The number of benzene rings is 4. The normalized spacial score (nSPS) is 15.7. The molecule has 0 unspecified atom stereocenters. The number of nitrogens with zero attached hydrogens (tertiary/aromatic N) is 1. The van der Waals surface area contributed by atoms with Gasteiger partial charge in [0.2, 0.25) is 11.7 Å². The van der Waals surface area contributed by atoms with Crippen molar-refractivity contribution in [3.8, 4) is 11.5 Å². The highest BCUT2D eigenvalue weighted by Gasteiger charge is 2.38. The van der Waals surface area contributed by atoms with Gasteiger partial charge in [0.05, 0.1) is 5.92 Å². The number of rotatable bonds is 10. The predicted octanol–water partition coefficient (Wildman–Crippen LogP) is 7.36. The second kappa shape index (κ2) is 12.4. The summed E-state index contributed by atoms with van der Waals surface area (Å²) in [4.78, 5) is 40.1. The topological polar surface area (TPSA) is 72.9 Å². The van der Waals surface area contributed by atoms with E-state index in [1.807, 2.05) is 48.5 Å². The zero-order valence-electron chi connectivity index (χ0n) is 24.2. The van der Waals surface area contributed by atoms with Gasteiger partial charge in [-0.15, -0.1) is 0 Å². The standard InChI is InChI=1S/C36H35NO5/c1-4-32(34(39)25-11-7-5-8-12-25)42-35(40)26-23-33(38)37(24-26)29-17-21-31(22-18-29)41-30-19-15-28(16-20-30)36(2,3)27-13-9-6-10-14-27/h5-22,26,32H,4,23-24H2,1-3H3/t26-,32-/m1/s1. The molecule has 42 heavy (non-hydrogen) atoms. The number of hydrogen-bond acceptors (Lipinski definition) is 5. The molecule has 0 aromatic heterocycles. The van der Waals surface area contributed by atoms with Crippen LogP contribution in [-0.4, -0.2) is 30.3 Å². The first-order valence-electron chi connectivity index (χ1n) is 14.3. The van der Waals surface area contributed by atoms with Gasteiger partial charge in [-0.05, 0) is 53.9 Å². The van der Waals surface area contributed by atoms with E-state index >= 15 is 0 Å². The smallest absolute Gasteiger partial charge is 0.312 e. The van der Waals surface area contributed by atoms with Crippen LogP contribution in [-0.2, 0) is 19.7 Å². The molecule has 0 aliphatic carbocycles. The van der Waals surface area contributed by atoms with E-state index in [9.17, 15) is 14.4 Å². The van der Waals surface area contributed by atoms with E-state index in [-0.39, 0.29) is 30.1 Å². The van der Waals surface area contributed by atoms with Crippen LogP contribution in [0.5, 0.6) is 11.5 Å². The van der Waals surface area contributed by atoms with Crippen LogP contribution in [0.3, 0.4) is 0 Å². The molecule has 1 saturated heterocycles. The second-order valence-corrected chi connectivity index (χ2v) is 11.1. The highest BCUT2D eigenvalue weighted by atomic mass is 16.5. The van der Waals surface area contributed by atoms with Gasteiger partial charge in [-0.25, -0.2) is 0 Å². The monoisotopic (exact) mass is 561 g/mol. The maximum atomic E-state index is 12.9. The third kappa shape index (κ3) is 6.28. The summed E-state index contributed by atoms with van der Waals surface area (Å²) in [7, 11) is 0. The van der Waals surface area contributed by atoms with Crippen molar-refractivity contribution in [3.05, 3.63) is 126 Å². The van der Waals surface area contributed by atoms with E-state index in [4.69, 9.17) is 9.47 Å². The van der Waals surface area contributed by atoms with E-state index in [1.165, 1.54) is 11.1 Å². The highest BCUT2D eigenvalue weighted by Crippen LogP contribution is 2.34. The molecule has 4 aromatic rings. The number of Topliss-reactive ketones (excluding diaryl/α,β-unsaturated/α-hetero) is 1. The van der Waals surface area contributed by atoms with Gasteiger partial charge in [0.25, 0.3) is 0 Å². The van der Waals surface area contributed by atoms with Crippen molar-refractivity contribution in [2.45, 2.75) is 45.1 Å². The van der Waals surface area contributed by atoms with Crippen LogP contribution in [0.4, 0.5) is 5.69 Å². The van der Waals surface area contributed by atoms with Crippen LogP contribution in [0.25, 0.3) is 0 Å². The molecular weight excluding hydrogens is 526 g/mol. The van der Waals surface area contributed by atoms with Crippen LogP contribution in [0.15, 0.2) is 109 Å². The molecule has 6 nitrogen and oxygen atoms in total. The molecule has 6 heteroatoms. The summed E-state index contributed by atoms with van der Waals surface area (Å²) in [5, 5.41) is 0. The summed E-state index contributed by atoms with van der Waals surface area (Å²) in [5.41, 5.74) is 3.47. The summed E-state index contributed by atoms with van der Waals surface area (Å²) in [6.07, 6.45) is -0.476. The van der Waals surface area contributed by atoms with Gasteiger partial charge < -0.3 is 14.4 Å². The minimum absolute atomic E-state index is 0.0404. The van der Waals surface area contributed by atoms with Crippen LogP contribution >= 0.6 is 0 Å². The Balaban J connectivity index is 1.19. The van der Waals surface area contributed by atoms with E-state index in [2.05, 4.69) is 50.2 Å². The molecule has 214 valence electrons. The molecule has 0 N–H and O–H groups in total. The number of esters is 1. The van der Waals surface area contributed by atoms with Gasteiger partial charge in [-0.2, -0.15) is 0 Å². The quantitative estimate of drug-likeness (QED) is 0.149. The number of carbonyl (C=O) groups is 3. The van der Waals surface area contributed by atoms with E-state index in [0.717, 1.165) is 0 Å². The Labute approximate surface area is 246 Å². The Morgan fingerprint density at radius 2 is 1.36 bits per heavy atom. The summed E-state index contributed by atoms with van der Waals surface area (Å²) >= 11 is 0. The van der Waals surface area contributed by atoms with Gasteiger partial charge >= 0.3 is 5.97 Å². The third-order valence-electron chi connectivity index (χ3n) is 7.89. The summed E-state index contributed by atoms with van der Waals surface area (Å²) in [6.45, 7) is 6.40. The fourth-order valence-corrected chi connectivity index (χ4v) is 5.25. The highest BCUT2D eigenvalue weighted by molar-refractivity contribution is 6.02. The number of carbonyl (C=O) groups excluding carboxylic acids is 3. The lowest BCUT2D eigenvalue weighted by Crippen LogP contribution is -2.31. The van der Waals surface area contributed by atoms with Crippen LogP contribution < -0.4 is 9.64 Å². The SMILES string of the molecule is CC[C@@H](OC(=O)[C@@H]1CC(=O)N(c2ccc(Oc3ccc(C(C)(C)c4ccccc4)cc3)cc2)C1)C(=O)c1ccccc1. The summed E-state index contributed by atoms with van der Waals surface area (Å²) in [6, 6.07) is 34.5. The number of ether oxygens (including phenoxy) is 2. The van der Waals surface area contributed by atoms with E-state index < -0.39 is 18.0 Å².